The van der Waals surface area contributed by atoms with Gasteiger partial charge in [-0.1, -0.05) is 67.4 Å². The molecule has 1 saturated heterocycles. The Morgan fingerprint density at radius 3 is 2.42 bits per heavy atom. The standard InChI is InChI=1S/C17H26BrN/c1-17(2,3)15-9-7-14(8-10-15)13-19-11-5-4-6-16(19)12-18/h7-10,16H,4-6,11-13H2,1-3H3. The number of nitrogens with zero attached hydrogens (tertiary/aromatic N) is 1. The number of benzene rings is 1. The van der Waals surface area contributed by atoms with E-state index >= 15 is 0 Å². The Morgan fingerprint density at radius 1 is 1.16 bits per heavy atom. The first kappa shape index (κ1) is 15.1. The molecule has 0 aromatic heterocycles. The molecule has 2 heteroatoms. The molecule has 0 radical (unpaired) electrons. The van der Waals surface area contributed by atoms with Gasteiger partial charge in [0.2, 0.25) is 0 Å². The van der Waals surface area contributed by atoms with Crippen molar-refractivity contribution in [2.75, 3.05) is 11.9 Å². The minimum absolute atomic E-state index is 0.252. The molecule has 1 aliphatic heterocycles. The molecule has 0 bridgehead atoms. The van der Waals surface area contributed by atoms with Crippen LogP contribution in [0, 0.1) is 0 Å². The lowest BCUT2D eigenvalue weighted by Gasteiger charge is -2.34. The second-order valence-corrected chi connectivity index (χ2v) is 7.37. The summed E-state index contributed by atoms with van der Waals surface area (Å²) in [5.74, 6) is 0. The summed E-state index contributed by atoms with van der Waals surface area (Å²) in [5, 5.41) is 1.10. The zero-order chi connectivity index (χ0) is 13.9. The summed E-state index contributed by atoms with van der Waals surface area (Å²) < 4.78 is 0. The van der Waals surface area contributed by atoms with E-state index in [1.54, 1.807) is 0 Å². The fourth-order valence-electron chi connectivity index (χ4n) is 2.79. The minimum Gasteiger partial charge on any atom is -0.295 e. The predicted octanol–water partition coefficient (Wildman–Crippen LogP) is 4.73. The van der Waals surface area contributed by atoms with Crippen molar-refractivity contribution in [2.45, 2.75) is 58.0 Å². The van der Waals surface area contributed by atoms with Gasteiger partial charge in [-0.2, -0.15) is 0 Å². The van der Waals surface area contributed by atoms with Crippen LogP contribution in [0.3, 0.4) is 0 Å². The van der Waals surface area contributed by atoms with Gasteiger partial charge in [-0.05, 0) is 35.9 Å². The third-order valence-electron chi connectivity index (χ3n) is 4.13. The van der Waals surface area contributed by atoms with Crippen LogP contribution in [0.4, 0.5) is 0 Å². The Hall–Kier alpha value is -0.340. The van der Waals surface area contributed by atoms with E-state index in [0.717, 1.165) is 17.9 Å². The second kappa shape index (κ2) is 6.41. The van der Waals surface area contributed by atoms with Crippen LogP contribution >= 0.6 is 15.9 Å². The van der Waals surface area contributed by atoms with Crippen LogP contribution in [0.25, 0.3) is 0 Å². The molecule has 1 fully saturated rings. The Labute approximate surface area is 126 Å². The van der Waals surface area contributed by atoms with E-state index in [0.29, 0.717) is 0 Å². The average Bonchev–Trinajstić information content (AvgIpc) is 2.39. The van der Waals surface area contributed by atoms with E-state index in [9.17, 15) is 0 Å². The van der Waals surface area contributed by atoms with Crippen molar-refractivity contribution in [3.63, 3.8) is 0 Å². The molecule has 1 heterocycles. The molecule has 1 atom stereocenters. The van der Waals surface area contributed by atoms with Gasteiger partial charge in [0.1, 0.15) is 0 Å². The molecule has 0 amide bonds. The summed E-state index contributed by atoms with van der Waals surface area (Å²) in [4.78, 5) is 2.63. The number of hydrogen-bond acceptors (Lipinski definition) is 1. The Bertz CT molecular complexity index is 391. The van der Waals surface area contributed by atoms with Crippen LogP contribution in [-0.2, 0) is 12.0 Å². The summed E-state index contributed by atoms with van der Waals surface area (Å²) >= 11 is 3.66. The lowest BCUT2D eigenvalue weighted by molar-refractivity contribution is 0.156. The summed E-state index contributed by atoms with van der Waals surface area (Å²) in [7, 11) is 0. The molecule has 1 unspecified atom stereocenters. The topological polar surface area (TPSA) is 3.24 Å². The lowest BCUT2D eigenvalue weighted by atomic mass is 9.86. The molecule has 106 valence electrons. The van der Waals surface area contributed by atoms with E-state index in [-0.39, 0.29) is 5.41 Å². The molecule has 1 aromatic carbocycles. The summed E-state index contributed by atoms with van der Waals surface area (Å²) in [5.41, 5.74) is 3.12. The average molecular weight is 324 g/mol. The molecular formula is C17H26BrN. The molecule has 2 rings (SSSR count). The zero-order valence-corrected chi connectivity index (χ0v) is 14.0. The number of alkyl halides is 1. The van der Waals surface area contributed by atoms with E-state index in [2.05, 4.69) is 65.9 Å². The maximum atomic E-state index is 3.66. The highest BCUT2D eigenvalue weighted by atomic mass is 79.9. The van der Waals surface area contributed by atoms with Crippen LogP contribution in [0.5, 0.6) is 0 Å². The van der Waals surface area contributed by atoms with Gasteiger partial charge in [-0.3, -0.25) is 4.90 Å². The third kappa shape index (κ3) is 4.06. The molecule has 0 spiro atoms. The largest absolute Gasteiger partial charge is 0.295 e. The van der Waals surface area contributed by atoms with Crippen molar-refractivity contribution < 1.29 is 0 Å². The van der Waals surface area contributed by atoms with Crippen molar-refractivity contribution in [3.05, 3.63) is 35.4 Å². The summed E-state index contributed by atoms with van der Waals surface area (Å²) in [6, 6.07) is 9.92. The van der Waals surface area contributed by atoms with Gasteiger partial charge < -0.3 is 0 Å². The van der Waals surface area contributed by atoms with Gasteiger partial charge in [0.15, 0.2) is 0 Å². The van der Waals surface area contributed by atoms with Gasteiger partial charge in [-0.25, -0.2) is 0 Å². The SMILES string of the molecule is CC(C)(C)c1ccc(CN2CCCCC2CBr)cc1. The van der Waals surface area contributed by atoms with Crippen LogP contribution in [0.2, 0.25) is 0 Å². The van der Waals surface area contributed by atoms with Crippen LogP contribution in [0.15, 0.2) is 24.3 Å². The summed E-state index contributed by atoms with van der Waals surface area (Å²) in [6.45, 7) is 9.16. The van der Waals surface area contributed by atoms with Crippen molar-refractivity contribution in [3.8, 4) is 0 Å². The number of rotatable bonds is 3. The van der Waals surface area contributed by atoms with Gasteiger partial charge >= 0.3 is 0 Å². The van der Waals surface area contributed by atoms with Crippen LogP contribution in [0.1, 0.15) is 51.2 Å². The first-order valence-electron chi connectivity index (χ1n) is 7.40. The molecule has 0 saturated carbocycles. The Kier molecular flexibility index (Phi) is 5.08. The van der Waals surface area contributed by atoms with Gasteiger partial charge in [-0.15, -0.1) is 0 Å². The van der Waals surface area contributed by atoms with E-state index in [1.165, 1.54) is 36.9 Å². The predicted molar refractivity (Wildman–Crippen MR) is 87.0 cm³/mol. The molecule has 1 aromatic rings. The fourth-order valence-corrected chi connectivity index (χ4v) is 3.52. The first-order valence-corrected chi connectivity index (χ1v) is 8.52. The second-order valence-electron chi connectivity index (χ2n) is 6.72. The van der Waals surface area contributed by atoms with Crippen molar-refractivity contribution in [1.82, 2.24) is 4.90 Å². The molecule has 0 aliphatic carbocycles. The molecule has 1 nitrogen and oxygen atoms in total. The quantitative estimate of drug-likeness (QED) is 0.726. The normalized spacial score (nSPS) is 21.6. The molecule has 19 heavy (non-hydrogen) atoms. The first-order chi connectivity index (χ1) is 9.00. The number of hydrogen-bond donors (Lipinski definition) is 0. The van der Waals surface area contributed by atoms with Gasteiger partial charge in [0, 0.05) is 17.9 Å². The van der Waals surface area contributed by atoms with E-state index in [1.807, 2.05) is 0 Å². The maximum Gasteiger partial charge on any atom is 0.0237 e. The lowest BCUT2D eigenvalue weighted by Crippen LogP contribution is -2.39. The van der Waals surface area contributed by atoms with Crippen molar-refractivity contribution >= 4 is 15.9 Å². The third-order valence-corrected chi connectivity index (χ3v) is 4.88. The van der Waals surface area contributed by atoms with Gasteiger partial charge in [0.25, 0.3) is 0 Å². The number of piperidine rings is 1. The van der Waals surface area contributed by atoms with Crippen LogP contribution in [-0.4, -0.2) is 22.8 Å². The fraction of sp³-hybridized carbons (Fsp3) is 0.647. The number of likely N-dealkylation sites (tertiary alicyclic amines) is 1. The molecular weight excluding hydrogens is 298 g/mol. The highest BCUT2D eigenvalue weighted by Crippen LogP contribution is 2.24. The highest BCUT2D eigenvalue weighted by Gasteiger charge is 2.21. The van der Waals surface area contributed by atoms with E-state index in [4.69, 9.17) is 0 Å². The maximum absolute atomic E-state index is 3.66. The monoisotopic (exact) mass is 323 g/mol. The highest BCUT2D eigenvalue weighted by molar-refractivity contribution is 9.09. The van der Waals surface area contributed by atoms with Crippen molar-refractivity contribution in [2.24, 2.45) is 0 Å². The molecule has 0 N–H and O–H groups in total. The van der Waals surface area contributed by atoms with Crippen molar-refractivity contribution in [1.29, 1.82) is 0 Å². The minimum atomic E-state index is 0.252. The Balaban J connectivity index is 2.02. The Morgan fingerprint density at radius 2 is 1.84 bits per heavy atom. The zero-order valence-electron chi connectivity index (χ0n) is 12.5. The molecule has 1 aliphatic rings. The van der Waals surface area contributed by atoms with Crippen LogP contribution < -0.4 is 0 Å². The number of halogens is 1. The van der Waals surface area contributed by atoms with E-state index < -0.39 is 0 Å². The smallest absolute Gasteiger partial charge is 0.0237 e. The summed E-state index contributed by atoms with van der Waals surface area (Å²) in [6.07, 6.45) is 4.07. The van der Waals surface area contributed by atoms with Gasteiger partial charge in [0.05, 0.1) is 0 Å².